The molecular weight excluding hydrogens is 266 g/mol. The van der Waals surface area contributed by atoms with Crippen LogP contribution in [0.1, 0.15) is 31.7 Å². The van der Waals surface area contributed by atoms with Crippen molar-refractivity contribution in [2.75, 3.05) is 6.61 Å². The first kappa shape index (κ1) is 15.3. The number of hydrogen-bond acceptors (Lipinski definition) is 7. The molecule has 1 saturated heterocycles. The largest absolute Gasteiger partial charge is 0.394 e. The minimum Gasteiger partial charge on any atom is -0.394 e. The summed E-state index contributed by atoms with van der Waals surface area (Å²) in [6.45, 7) is 1.61. The van der Waals surface area contributed by atoms with Gasteiger partial charge < -0.3 is 25.2 Å². The number of ether oxygens (including phenoxy) is 1. The van der Waals surface area contributed by atoms with E-state index in [9.17, 15) is 15.3 Å². The van der Waals surface area contributed by atoms with E-state index in [1.54, 1.807) is 6.20 Å². The first-order valence-corrected chi connectivity index (χ1v) is 6.79. The number of aromatic nitrogens is 3. The van der Waals surface area contributed by atoms with Crippen LogP contribution in [0, 0.1) is 0 Å². The molecule has 2 heterocycles. The summed E-state index contributed by atoms with van der Waals surface area (Å²) in [5.74, 6) is 0. The van der Waals surface area contributed by atoms with Crippen molar-refractivity contribution in [3.8, 4) is 0 Å². The monoisotopic (exact) mass is 287 g/mol. The van der Waals surface area contributed by atoms with Crippen molar-refractivity contribution in [3.63, 3.8) is 0 Å². The van der Waals surface area contributed by atoms with E-state index in [1.807, 2.05) is 0 Å². The van der Waals surface area contributed by atoms with Gasteiger partial charge in [0, 0.05) is 0 Å². The molecule has 0 radical (unpaired) electrons. The summed E-state index contributed by atoms with van der Waals surface area (Å²) in [6.07, 6.45) is -1.61. The molecule has 1 fully saturated rings. The van der Waals surface area contributed by atoms with Crippen LogP contribution >= 0.6 is 0 Å². The summed E-state index contributed by atoms with van der Waals surface area (Å²) in [5.41, 5.74) is 0.767. The molecule has 0 spiro atoms. The Morgan fingerprint density at radius 1 is 1.25 bits per heavy atom. The zero-order valence-electron chi connectivity index (χ0n) is 11.3. The molecule has 0 aromatic carbocycles. The fourth-order valence-electron chi connectivity index (χ4n) is 2.21. The fourth-order valence-corrected chi connectivity index (χ4v) is 2.21. The number of aliphatic hydroxyl groups excluding tert-OH is 4. The molecule has 4 N–H and O–H groups in total. The lowest BCUT2D eigenvalue weighted by molar-refractivity contribution is -0.254. The number of aliphatic hydroxyl groups is 4. The van der Waals surface area contributed by atoms with Gasteiger partial charge in [-0.15, -0.1) is 5.10 Å². The maximum atomic E-state index is 9.95. The maximum absolute atomic E-state index is 9.95. The summed E-state index contributed by atoms with van der Waals surface area (Å²) < 4.78 is 6.70. The van der Waals surface area contributed by atoms with Crippen LogP contribution < -0.4 is 0 Å². The highest BCUT2D eigenvalue weighted by Crippen LogP contribution is 2.27. The second-order valence-corrected chi connectivity index (χ2v) is 5.01. The second-order valence-electron chi connectivity index (χ2n) is 5.01. The Balaban J connectivity index is 2.12. The van der Waals surface area contributed by atoms with Crippen LogP contribution in [-0.4, -0.2) is 66.4 Å². The third kappa shape index (κ3) is 2.99. The summed E-state index contributed by atoms with van der Waals surface area (Å²) in [5, 5.41) is 46.4. The molecule has 5 atom stereocenters. The van der Waals surface area contributed by atoms with Gasteiger partial charge in [-0.1, -0.05) is 18.6 Å². The first-order valence-electron chi connectivity index (χ1n) is 6.79. The van der Waals surface area contributed by atoms with Crippen LogP contribution in [0.15, 0.2) is 6.20 Å². The highest BCUT2D eigenvalue weighted by atomic mass is 16.6. The quantitative estimate of drug-likeness (QED) is 0.525. The van der Waals surface area contributed by atoms with E-state index in [0.717, 1.165) is 25.0 Å². The number of hydrogen-bond donors (Lipinski definition) is 4. The Bertz CT molecular complexity index is 425. The lowest BCUT2D eigenvalue weighted by atomic mass is 9.98. The third-order valence-electron chi connectivity index (χ3n) is 3.47. The summed E-state index contributed by atoms with van der Waals surface area (Å²) in [4.78, 5) is 0. The number of rotatable bonds is 5. The summed E-state index contributed by atoms with van der Waals surface area (Å²) in [7, 11) is 0. The van der Waals surface area contributed by atoms with E-state index >= 15 is 0 Å². The summed E-state index contributed by atoms with van der Waals surface area (Å²) >= 11 is 0. The van der Waals surface area contributed by atoms with Crippen LogP contribution in [0.5, 0.6) is 0 Å². The van der Waals surface area contributed by atoms with Crippen molar-refractivity contribution in [2.45, 2.75) is 56.8 Å². The van der Waals surface area contributed by atoms with Gasteiger partial charge in [0.25, 0.3) is 0 Å². The fraction of sp³-hybridized carbons (Fsp3) is 0.833. The highest BCUT2D eigenvalue weighted by Gasteiger charge is 2.44. The molecule has 1 aromatic rings. The van der Waals surface area contributed by atoms with Gasteiger partial charge in [0.1, 0.15) is 24.4 Å². The maximum Gasteiger partial charge on any atom is 0.180 e. The molecule has 1 aromatic heterocycles. The van der Waals surface area contributed by atoms with Gasteiger partial charge in [0.15, 0.2) is 6.23 Å². The molecule has 1 aliphatic heterocycles. The number of aryl methyl sites for hydroxylation is 1. The van der Waals surface area contributed by atoms with Crippen LogP contribution in [0.2, 0.25) is 0 Å². The van der Waals surface area contributed by atoms with E-state index in [1.165, 1.54) is 4.68 Å². The molecule has 0 saturated carbocycles. The van der Waals surface area contributed by atoms with Gasteiger partial charge in [-0.2, -0.15) is 0 Å². The van der Waals surface area contributed by atoms with Gasteiger partial charge in [-0.3, -0.25) is 0 Å². The van der Waals surface area contributed by atoms with Crippen LogP contribution in [0.25, 0.3) is 0 Å². The molecule has 0 unspecified atom stereocenters. The number of nitrogens with zero attached hydrogens (tertiary/aromatic N) is 3. The van der Waals surface area contributed by atoms with E-state index in [-0.39, 0.29) is 0 Å². The Kier molecular flexibility index (Phi) is 5.06. The molecule has 0 aliphatic carbocycles. The lowest BCUT2D eigenvalue weighted by Crippen LogP contribution is -2.56. The Labute approximate surface area is 116 Å². The van der Waals surface area contributed by atoms with Gasteiger partial charge in [-0.05, 0) is 12.8 Å². The predicted molar refractivity (Wildman–Crippen MR) is 67.7 cm³/mol. The zero-order chi connectivity index (χ0) is 14.7. The van der Waals surface area contributed by atoms with E-state index in [0.29, 0.717) is 0 Å². The Hall–Kier alpha value is -1.06. The van der Waals surface area contributed by atoms with Gasteiger partial charge in [-0.25, -0.2) is 4.68 Å². The smallest absolute Gasteiger partial charge is 0.180 e. The van der Waals surface area contributed by atoms with Crippen LogP contribution in [0.4, 0.5) is 0 Å². The standard InChI is InChI=1S/C12H21N3O5/c1-2-3-4-7-5-15(14-13-7)12-11(19)10(18)9(17)8(6-16)20-12/h5,8-12,16-19H,2-4,6H2,1H3/t8-,9+,10+,11-,12-/m1/s1. The molecule has 8 nitrogen and oxygen atoms in total. The number of unbranched alkanes of at least 4 members (excludes halogenated alkanes) is 1. The first-order chi connectivity index (χ1) is 9.58. The molecule has 0 amide bonds. The van der Waals surface area contributed by atoms with E-state index in [2.05, 4.69) is 17.2 Å². The Morgan fingerprint density at radius 2 is 2.00 bits per heavy atom. The average Bonchev–Trinajstić information content (AvgIpc) is 2.91. The van der Waals surface area contributed by atoms with Crippen molar-refractivity contribution in [2.24, 2.45) is 0 Å². The van der Waals surface area contributed by atoms with Crippen molar-refractivity contribution >= 4 is 0 Å². The molecule has 0 bridgehead atoms. The minimum absolute atomic E-state index is 0.459. The topological polar surface area (TPSA) is 121 Å². The molecular formula is C12H21N3O5. The van der Waals surface area contributed by atoms with Crippen LogP contribution in [0.3, 0.4) is 0 Å². The zero-order valence-corrected chi connectivity index (χ0v) is 11.3. The van der Waals surface area contributed by atoms with Crippen molar-refractivity contribution in [3.05, 3.63) is 11.9 Å². The van der Waals surface area contributed by atoms with Crippen molar-refractivity contribution in [1.29, 1.82) is 0 Å². The lowest BCUT2D eigenvalue weighted by Gasteiger charge is -2.39. The van der Waals surface area contributed by atoms with Crippen molar-refractivity contribution in [1.82, 2.24) is 15.0 Å². The highest BCUT2D eigenvalue weighted by molar-refractivity contribution is 4.96. The SMILES string of the molecule is CCCCc1cn([C@@H]2O[C@H](CO)[C@H](O)[C@H](O)[C@H]2O)nn1. The van der Waals surface area contributed by atoms with Gasteiger partial charge in [0.05, 0.1) is 18.5 Å². The molecule has 114 valence electrons. The van der Waals surface area contributed by atoms with Crippen molar-refractivity contribution < 1.29 is 25.2 Å². The molecule has 2 rings (SSSR count). The normalized spacial score (nSPS) is 34.4. The third-order valence-corrected chi connectivity index (χ3v) is 3.47. The second kappa shape index (κ2) is 6.59. The predicted octanol–water partition coefficient (Wildman–Crippen LogP) is -1.41. The molecule has 20 heavy (non-hydrogen) atoms. The van der Waals surface area contributed by atoms with Crippen LogP contribution in [-0.2, 0) is 11.2 Å². The molecule has 1 aliphatic rings. The Morgan fingerprint density at radius 3 is 2.65 bits per heavy atom. The van der Waals surface area contributed by atoms with Gasteiger partial charge >= 0.3 is 0 Å². The summed E-state index contributed by atoms with van der Waals surface area (Å²) in [6, 6.07) is 0. The average molecular weight is 287 g/mol. The molecule has 8 heteroatoms. The minimum atomic E-state index is -1.41. The van der Waals surface area contributed by atoms with Gasteiger partial charge in [0.2, 0.25) is 0 Å². The van der Waals surface area contributed by atoms with E-state index < -0.39 is 37.3 Å². The van der Waals surface area contributed by atoms with E-state index in [4.69, 9.17) is 9.84 Å².